The lowest BCUT2D eigenvalue weighted by Gasteiger charge is -2.06. The fourth-order valence-corrected chi connectivity index (χ4v) is 1.68. The van der Waals surface area contributed by atoms with Crippen LogP contribution in [-0.2, 0) is 13.1 Å². The van der Waals surface area contributed by atoms with Gasteiger partial charge in [0.15, 0.2) is 5.82 Å². The Hall–Kier alpha value is -2.39. The maximum absolute atomic E-state index is 9.00. The van der Waals surface area contributed by atoms with E-state index in [0.29, 0.717) is 36.1 Å². The molecular formula is C13H14N4O2. The Morgan fingerprint density at radius 3 is 2.89 bits per heavy atom. The Balaban J connectivity index is 1.95. The van der Waals surface area contributed by atoms with Crippen LogP contribution in [0.25, 0.3) is 0 Å². The molecule has 0 aliphatic rings. The molecule has 2 rings (SSSR count). The Bertz CT molecular complexity index is 601. The van der Waals surface area contributed by atoms with Gasteiger partial charge in [-0.05, 0) is 24.6 Å². The van der Waals surface area contributed by atoms with E-state index in [-0.39, 0.29) is 0 Å². The van der Waals surface area contributed by atoms with Crippen LogP contribution in [0.2, 0.25) is 0 Å². The molecule has 0 aliphatic heterocycles. The van der Waals surface area contributed by atoms with E-state index in [1.165, 1.54) is 0 Å². The minimum absolute atomic E-state index is 0.495. The topological polar surface area (TPSA) is 84.0 Å². The third-order valence-electron chi connectivity index (χ3n) is 2.56. The Morgan fingerprint density at radius 1 is 1.42 bits per heavy atom. The Kier molecular flexibility index (Phi) is 4.11. The van der Waals surface area contributed by atoms with E-state index in [4.69, 9.17) is 14.5 Å². The molecule has 1 heterocycles. The standard InChI is InChI=1S/C13H14N4O2/c1-9-16-13(19-17-9)8-15-7-10-3-4-12(18-2)11(5-10)6-14/h3-5,15H,7-8H2,1-2H3. The molecule has 1 N–H and O–H groups in total. The van der Waals surface area contributed by atoms with Gasteiger partial charge in [0.2, 0.25) is 5.89 Å². The number of benzene rings is 1. The van der Waals surface area contributed by atoms with E-state index in [1.807, 2.05) is 6.07 Å². The van der Waals surface area contributed by atoms with Crippen molar-refractivity contribution in [1.82, 2.24) is 15.5 Å². The van der Waals surface area contributed by atoms with Gasteiger partial charge in [-0.1, -0.05) is 11.2 Å². The van der Waals surface area contributed by atoms with E-state index in [1.54, 1.807) is 26.2 Å². The molecule has 1 aromatic heterocycles. The normalized spacial score (nSPS) is 10.2. The zero-order chi connectivity index (χ0) is 13.7. The number of nitriles is 1. The Labute approximate surface area is 111 Å². The van der Waals surface area contributed by atoms with Crippen molar-refractivity contribution >= 4 is 0 Å². The predicted octanol–water partition coefficient (Wildman–Crippen LogP) is 1.55. The van der Waals surface area contributed by atoms with Crippen LogP contribution < -0.4 is 10.1 Å². The van der Waals surface area contributed by atoms with E-state index < -0.39 is 0 Å². The van der Waals surface area contributed by atoms with Crippen LogP contribution in [-0.4, -0.2) is 17.3 Å². The van der Waals surface area contributed by atoms with E-state index >= 15 is 0 Å². The van der Waals surface area contributed by atoms with Crippen molar-refractivity contribution in [1.29, 1.82) is 5.26 Å². The van der Waals surface area contributed by atoms with Gasteiger partial charge in [-0.2, -0.15) is 10.2 Å². The summed E-state index contributed by atoms with van der Waals surface area (Å²) in [5.74, 6) is 1.75. The molecule has 2 aromatic rings. The lowest BCUT2D eigenvalue weighted by Crippen LogP contribution is -2.13. The van der Waals surface area contributed by atoms with Gasteiger partial charge < -0.3 is 14.6 Å². The average molecular weight is 258 g/mol. The maximum atomic E-state index is 9.00. The fraction of sp³-hybridized carbons (Fsp3) is 0.308. The number of nitrogens with one attached hydrogen (secondary N) is 1. The van der Waals surface area contributed by atoms with Gasteiger partial charge >= 0.3 is 0 Å². The van der Waals surface area contributed by atoms with Crippen molar-refractivity contribution in [3.63, 3.8) is 0 Å². The number of nitrogens with zero attached hydrogens (tertiary/aromatic N) is 3. The first kappa shape index (κ1) is 13.1. The SMILES string of the molecule is COc1ccc(CNCc2nc(C)no2)cc1C#N. The van der Waals surface area contributed by atoms with Crippen molar-refractivity contribution in [3.8, 4) is 11.8 Å². The molecule has 0 radical (unpaired) electrons. The van der Waals surface area contributed by atoms with Gasteiger partial charge in [-0.25, -0.2) is 0 Å². The first-order valence-corrected chi connectivity index (χ1v) is 5.80. The van der Waals surface area contributed by atoms with Crippen LogP contribution in [0.5, 0.6) is 5.75 Å². The number of aryl methyl sites for hydroxylation is 1. The average Bonchev–Trinajstić information content (AvgIpc) is 2.84. The van der Waals surface area contributed by atoms with Crippen LogP contribution in [0.3, 0.4) is 0 Å². The molecule has 0 aliphatic carbocycles. The summed E-state index contributed by atoms with van der Waals surface area (Å²) in [7, 11) is 1.55. The predicted molar refractivity (Wildman–Crippen MR) is 67.3 cm³/mol. The first-order valence-electron chi connectivity index (χ1n) is 5.80. The van der Waals surface area contributed by atoms with Crippen molar-refractivity contribution < 1.29 is 9.26 Å². The van der Waals surface area contributed by atoms with Gasteiger partial charge in [0.25, 0.3) is 0 Å². The van der Waals surface area contributed by atoms with Gasteiger partial charge in [-0.15, -0.1) is 0 Å². The summed E-state index contributed by atoms with van der Waals surface area (Å²) in [6.45, 7) is 2.88. The molecule has 0 bridgehead atoms. The van der Waals surface area contributed by atoms with Crippen molar-refractivity contribution in [2.75, 3.05) is 7.11 Å². The second-order valence-corrected chi connectivity index (χ2v) is 3.99. The van der Waals surface area contributed by atoms with E-state index in [9.17, 15) is 0 Å². The summed E-state index contributed by atoms with van der Waals surface area (Å²) in [4.78, 5) is 4.09. The second-order valence-electron chi connectivity index (χ2n) is 3.99. The highest BCUT2D eigenvalue weighted by atomic mass is 16.5. The molecule has 98 valence electrons. The monoisotopic (exact) mass is 258 g/mol. The summed E-state index contributed by atoms with van der Waals surface area (Å²) in [5, 5.41) is 15.9. The zero-order valence-electron chi connectivity index (χ0n) is 10.8. The molecule has 0 saturated carbocycles. The van der Waals surface area contributed by atoms with Crippen LogP contribution in [0.15, 0.2) is 22.7 Å². The van der Waals surface area contributed by atoms with Crippen molar-refractivity contribution in [2.45, 2.75) is 20.0 Å². The summed E-state index contributed by atoms with van der Waals surface area (Å²) in [6.07, 6.45) is 0. The van der Waals surface area contributed by atoms with Gasteiger partial charge in [0.1, 0.15) is 11.8 Å². The van der Waals surface area contributed by atoms with Gasteiger partial charge in [-0.3, -0.25) is 0 Å². The molecule has 0 amide bonds. The maximum Gasteiger partial charge on any atom is 0.240 e. The molecule has 0 unspecified atom stereocenters. The third kappa shape index (κ3) is 3.30. The highest BCUT2D eigenvalue weighted by molar-refractivity contribution is 5.45. The number of ether oxygens (including phenoxy) is 1. The summed E-state index contributed by atoms with van der Waals surface area (Å²) >= 11 is 0. The summed E-state index contributed by atoms with van der Waals surface area (Å²) in [5.41, 5.74) is 1.52. The van der Waals surface area contributed by atoms with Crippen molar-refractivity contribution in [3.05, 3.63) is 41.0 Å². The lowest BCUT2D eigenvalue weighted by molar-refractivity contribution is 0.364. The molecular weight excluding hydrogens is 244 g/mol. The number of hydrogen-bond donors (Lipinski definition) is 1. The molecule has 1 aromatic carbocycles. The molecule has 0 saturated heterocycles. The lowest BCUT2D eigenvalue weighted by atomic mass is 10.1. The molecule has 6 nitrogen and oxygen atoms in total. The summed E-state index contributed by atoms with van der Waals surface area (Å²) in [6, 6.07) is 7.59. The second kappa shape index (κ2) is 5.98. The van der Waals surface area contributed by atoms with E-state index in [2.05, 4.69) is 21.5 Å². The quantitative estimate of drug-likeness (QED) is 0.875. The largest absolute Gasteiger partial charge is 0.495 e. The number of rotatable bonds is 5. The van der Waals surface area contributed by atoms with Gasteiger partial charge in [0.05, 0.1) is 19.2 Å². The third-order valence-corrected chi connectivity index (χ3v) is 2.56. The minimum Gasteiger partial charge on any atom is -0.495 e. The highest BCUT2D eigenvalue weighted by Crippen LogP contribution is 2.18. The van der Waals surface area contributed by atoms with E-state index in [0.717, 1.165) is 5.56 Å². The minimum atomic E-state index is 0.495. The van der Waals surface area contributed by atoms with Gasteiger partial charge in [0, 0.05) is 6.54 Å². The van der Waals surface area contributed by atoms with Crippen molar-refractivity contribution in [2.24, 2.45) is 0 Å². The number of methoxy groups -OCH3 is 1. The number of aromatic nitrogens is 2. The smallest absolute Gasteiger partial charge is 0.240 e. The van der Waals surface area contributed by atoms with Crippen LogP contribution in [0.4, 0.5) is 0 Å². The molecule has 6 heteroatoms. The van der Waals surface area contributed by atoms with Crippen LogP contribution >= 0.6 is 0 Å². The summed E-state index contributed by atoms with van der Waals surface area (Å²) < 4.78 is 10.1. The molecule has 19 heavy (non-hydrogen) atoms. The molecule has 0 atom stereocenters. The van der Waals surface area contributed by atoms with Crippen LogP contribution in [0.1, 0.15) is 22.8 Å². The molecule has 0 spiro atoms. The number of hydrogen-bond acceptors (Lipinski definition) is 6. The Morgan fingerprint density at radius 2 is 2.26 bits per heavy atom. The zero-order valence-corrected chi connectivity index (χ0v) is 10.8. The molecule has 0 fully saturated rings. The highest BCUT2D eigenvalue weighted by Gasteiger charge is 2.05. The fourth-order valence-electron chi connectivity index (χ4n) is 1.68. The van der Waals surface area contributed by atoms with Crippen LogP contribution in [0, 0.1) is 18.3 Å². The first-order chi connectivity index (χ1) is 9.22.